The third-order valence-corrected chi connectivity index (χ3v) is 2.86. The molecule has 106 valence electrons. The molecule has 0 heterocycles. The van der Waals surface area contributed by atoms with E-state index >= 15 is 0 Å². The monoisotopic (exact) mass is 261 g/mol. The van der Waals surface area contributed by atoms with Crippen LogP contribution in [0.4, 0.5) is 0 Å². The fraction of sp³-hybridized carbons (Fsp3) is 0.529. The van der Waals surface area contributed by atoms with Gasteiger partial charge in [-0.3, -0.25) is 0 Å². The van der Waals surface area contributed by atoms with Gasteiger partial charge < -0.3 is 4.79 Å². The summed E-state index contributed by atoms with van der Waals surface area (Å²) in [6, 6.07) is 2.40. The van der Waals surface area contributed by atoms with E-state index in [9.17, 15) is 10.1 Å². The molecule has 0 radical (unpaired) electrons. The van der Waals surface area contributed by atoms with E-state index in [1.165, 1.54) is 0 Å². The highest BCUT2D eigenvalue weighted by Gasteiger charge is 2.31. The van der Waals surface area contributed by atoms with Gasteiger partial charge >= 0.3 is 0 Å². The zero-order chi connectivity index (χ0) is 15.1. The quantitative estimate of drug-likeness (QED) is 0.456. The molecule has 0 saturated carbocycles. The maximum absolute atomic E-state index is 10.5. The smallest absolute Gasteiger partial charge is 0.120 e. The minimum atomic E-state index is -0.538. The normalized spacial score (nSPS) is 13.9. The molecule has 2 nitrogen and oxygen atoms in total. The molecule has 0 aliphatic heterocycles. The Balaban J connectivity index is 0. The molecule has 0 rings (SSSR count). The number of hydrogen-bond donors (Lipinski definition) is 0. The molecule has 1 atom stereocenters. The van der Waals surface area contributed by atoms with Crippen molar-refractivity contribution in [3.05, 3.63) is 36.5 Å². The molecule has 0 aromatic carbocycles. The second-order valence-electron chi connectivity index (χ2n) is 3.99. The zero-order valence-electron chi connectivity index (χ0n) is 12.8. The van der Waals surface area contributed by atoms with Crippen LogP contribution in [0.25, 0.3) is 0 Å². The maximum Gasteiger partial charge on any atom is 0.120 e. The lowest BCUT2D eigenvalue weighted by Gasteiger charge is -2.27. The van der Waals surface area contributed by atoms with Gasteiger partial charge in [0.2, 0.25) is 0 Å². The van der Waals surface area contributed by atoms with Gasteiger partial charge in [0, 0.05) is 6.42 Å². The number of nitriles is 1. The summed E-state index contributed by atoms with van der Waals surface area (Å²) >= 11 is 0. The molecule has 0 amide bonds. The van der Waals surface area contributed by atoms with E-state index in [1.807, 2.05) is 39.0 Å². The van der Waals surface area contributed by atoms with E-state index in [-0.39, 0.29) is 0 Å². The predicted octanol–water partition coefficient (Wildman–Crippen LogP) is 4.99. The van der Waals surface area contributed by atoms with Gasteiger partial charge in [-0.25, -0.2) is 0 Å². The summed E-state index contributed by atoms with van der Waals surface area (Å²) in [5.74, 6) is 0. The zero-order valence-corrected chi connectivity index (χ0v) is 12.8. The molecule has 0 bridgehead atoms. The van der Waals surface area contributed by atoms with Crippen molar-refractivity contribution in [1.29, 1.82) is 5.26 Å². The number of allylic oxidation sites excluding steroid dienone is 5. The van der Waals surface area contributed by atoms with Crippen LogP contribution in [0.15, 0.2) is 36.5 Å². The van der Waals surface area contributed by atoms with Crippen molar-refractivity contribution < 1.29 is 4.79 Å². The molecule has 1 unspecified atom stereocenters. The molecule has 0 aliphatic rings. The van der Waals surface area contributed by atoms with Crippen molar-refractivity contribution >= 4 is 6.29 Å². The molecule has 0 N–H and O–H groups in total. The SMILES string of the molecule is C=C/C=C\C(=C/C)C(C#N)(CCC)CCC=O.CC. The van der Waals surface area contributed by atoms with E-state index in [4.69, 9.17) is 0 Å². The first-order valence-electron chi connectivity index (χ1n) is 7.01. The van der Waals surface area contributed by atoms with E-state index in [2.05, 4.69) is 19.6 Å². The first-order chi connectivity index (χ1) is 9.20. The lowest BCUT2D eigenvalue weighted by Crippen LogP contribution is -2.21. The summed E-state index contributed by atoms with van der Waals surface area (Å²) in [7, 11) is 0. The van der Waals surface area contributed by atoms with Crippen molar-refractivity contribution in [3.8, 4) is 6.07 Å². The number of rotatable bonds is 8. The van der Waals surface area contributed by atoms with Crippen LogP contribution < -0.4 is 0 Å². The van der Waals surface area contributed by atoms with Gasteiger partial charge in [0.25, 0.3) is 0 Å². The second kappa shape index (κ2) is 12.8. The Morgan fingerprint density at radius 3 is 2.37 bits per heavy atom. The van der Waals surface area contributed by atoms with Gasteiger partial charge in [0.1, 0.15) is 6.29 Å². The Hall–Kier alpha value is -1.62. The van der Waals surface area contributed by atoms with Crippen molar-refractivity contribution in [2.45, 2.75) is 53.4 Å². The van der Waals surface area contributed by atoms with Crippen LogP contribution in [0, 0.1) is 16.7 Å². The summed E-state index contributed by atoms with van der Waals surface area (Å²) in [6.45, 7) is 11.6. The van der Waals surface area contributed by atoms with Gasteiger partial charge in [-0.05, 0) is 25.3 Å². The van der Waals surface area contributed by atoms with Gasteiger partial charge in [-0.1, -0.05) is 58.1 Å². The Kier molecular flexibility index (Phi) is 13.3. The fourth-order valence-electron chi connectivity index (χ4n) is 2.03. The lowest BCUT2D eigenvalue weighted by molar-refractivity contribution is -0.108. The number of carbonyl (C=O) groups is 1. The van der Waals surface area contributed by atoms with E-state index in [0.717, 1.165) is 24.7 Å². The van der Waals surface area contributed by atoms with E-state index < -0.39 is 5.41 Å². The summed E-state index contributed by atoms with van der Waals surface area (Å²) in [6.07, 6.45) is 11.0. The molecule has 0 aromatic rings. The Labute approximate surface area is 118 Å². The average Bonchev–Trinajstić information content (AvgIpc) is 2.47. The van der Waals surface area contributed by atoms with Crippen LogP contribution in [-0.2, 0) is 4.79 Å². The predicted molar refractivity (Wildman–Crippen MR) is 82.7 cm³/mol. The molecule has 0 fully saturated rings. The highest BCUT2D eigenvalue weighted by Crippen LogP contribution is 2.37. The van der Waals surface area contributed by atoms with Crippen LogP contribution in [0.1, 0.15) is 53.4 Å². The van der Waals surface area contributed by atoms with Gasteiger partial charge in [0.15, 0.2) is 0 Å². The van der Waals surface area contributed by atoms with Crippen LogP contribution in [0.5, 0.6) is 0 Å². The Morgan fingerprint density at radius 2 is 2.00 bits per heavy atom. The molecule has 0 spiro atoms. The number of hydrogen-bond acceptors (Lipinski definition) is 2. The van der Waals surface area contributed by atoms with Crippen LogP contribution in [0.3, 0.4) is 0 Å². The van der Waals surface area contributed by atoms with Gasteiger partial charge in [-0.2, -0.15) is 5.26 Å². The first-order valence-corrected chi connectivity index (χ1v) is 7.01. The third kappa shape index (κ3) is 6.76. The number of nitrogens with zero attached hydrogens (tertiary/aromatic N) is 1. The largest absolute Gasteiger partial charge is 0.303 e. The third-order valence-electron chi connectivity index (χ3n) is 2.86. The first kappa shape index (κ1) is 19.7. The highest BCUT2D eigenvalue weighted by atomic mass is 16.1. The van der Waals surface area contributed by atoms with Crippen molar-refractivity contribution in [3.63, 3.8) is 0 Å². The molecular formula is C17H27NO. The molecule has 0 aromatic heterocycles. The molecule has 2 heteroatoms. The second-order valence-corrected chi connectivity index (χ2v) is 3.99. The summed E-state index contributed by atoms with van der Waals surface area (Å²) in [5.41, 5.74) is 0.438. The van der Waals surface area contributed by atoms with Crippen molar-refractivity contribution in [2.24, 2.45) is 5.41 Å². The van der Waals surface area contributed by atoms with Crippen LogP contribution in [-0.4, -0.2) is 6.29 Å². The summed E-state index contributed by atoms with van der Waals surface area (Å²) in [5, 5.41) is 9.47. The topological polar surface area (TPSA) is 40.9 Å². The average molecular weight is 261 g/mol. The highest BCUT2D eigenvalue weighted by molar-refractivity contribution is 5.50. The standard InChI is InChI=1S/C15H21NO.C2H6/c1-4-7-9-14(6-3)15(13-16,10-5-2)11-8-12-17;1-2/h4,6-7,9,12H,1,5,8,10-11H2,2-3H3;1-2H3/b9-7-,14-6+;. The van der Waals surface area contributed by atoms with Crippen molar-refractivity contribution in [1.82, 2.24) is 0 Å². The van der Waals surface area contributed by atoms with E-state index in [1.54, 1.807) is 6.08 Å². The molecular weight excluding hydrogens is 234 g/mol. The summed E-state index contributed by atoms with van der Waals surface area (Å²) in [4.78, 5) is 10.5. The van der Waals surface area contributed by atoms with Gasteiger partial charge in [0.05, 0.1) is 11.5 Å². The van der Waals surface area contributed by atoms with Crippen LogP contribution in [0.2, 0.25) is 0 Å². The van der Waals surface area contributed by atoms with Crippen molar-refractivity contribution in [2.75, 3.05) is 0 Å². The summed E-state index contributed by atoms with van der Waals surface area (Å²) < 4.78 is 0. The van der Waals surface area contributed by atoms with Gasteiger partial charge in [-0.15, -0.1) is 0 Å². The minimum absolute atomic E-state index is 0.423. The lowest BCUT2D eigenvalue weighted by atomic mass is 9.74. The minimum Gasteiger partial charge on any atom is -0.303 e. The van der Waals surface area contributed by atoms with E-state index in [0.29, 0.717) is 12.8 Å². The molecule has 0 saturated heterocycles. The number of carbonyl (C=O) groups excluding carboxylic acids is 1. The Morgan fingerprint density at radius 1 is 1.37 bits per heavy atom. The number of aldehydes is 1. The Bertz CT molecular complexity index is 347. The molecule has 0 aliphatic carbocycles. The molecule has 19 heavy (non-hydrogen) atoms. The fourth-order valence-corrected chi connectivity index (χ4v) is 2.03. The maximum atomic E-state index is 10.5. The van der Waals surface area contributed by atoms with Crippen LogP contribution >= 0.6 is 0 Å².